The molecule has 0 aromatic heterocycles. The molecule has 0 rings (SSSR count). The molecule has 0 saturated heterocycles. The largest absolute Gasteiger partial charge is 0.462 e. The summed E-state index contributed by atoms with van der Waals surface area (Å²) < 4.78 is 5.91. The van der Waals surface area contributed by atoms with Gasteiger partial charge in [-0.1, -0.05) is 260 Å². The molecule has 0 bridgehead atoms. The second kappa shape index (κ2) is 53.0. The maximum atomic E-state index is 13.2. The lowest BCUT2D eigenvalue weighted by Gasteiger charge is -2.24. The Morgan fingerprint density at radius 3 is 1.41 bits per heavy atom. The average Bonchev–Trinajstić information content (AvgIpc) is 3.31. The number of unbranched alkanes of at least 4 members (excludes halogenated alkanes) is 27. The van der Waals surface area contributed by atoms with Crippen LogP contribution in [0.15, 0.2) is 85.1 Å². The monoisotopic (exact) mass is 920 g/mol. The minimum Gasteiger partial charge on any atom is -0.462 e. The Morgan fingerprint density at radius 1 is 0.470 bits per heavy atom. The Kier molecular flexibility index (Phi) is 50.6. The number of carbonyl (C=O) groups excluding carboxylic acids is 2. The van der Waals surface area contributed by atoms with Gasteiger partial charge in [-0.2, -0.15) is 0 Å². The first-order valence-electron chi connectivity index (χ1n) is 27.9. The molecule has 0 aromatic carbocycles. The predicted octanol–water partition coefficient (Wildman–Crippen LogP) is 17.1. The Labute approximate surface area is 408 Å². The number of ether oxygens (including phenoxy) is 1. The van der Waals surface area contributed by atoms with Gasteiger partial charge in [0.15, 0.2) is 0 Å². The minimum atomic E-state index is -0.813. The van der Waals surface area contributed by atoms with Crippen LogP contribution in [0.25, 0.3) is 0 Å². The van der Waals surface area contributed by atoms with E-state index >= 15 is 0 Å². The summed E-state index contributed by atoms with van der Waals surface area (Å²) in [4.78, 5) is 26.2. The average molecular weight is 921 g/mol. The van der Waals surface area contributed by atoms with Gasteiger partial charge in [-0.25, -0.2) is 0 Å². The topological polar surface area (TPSA) is 95.9 Å². The van der Waals surface area contributed by atoms with Gasteiger partial charge in [0.05, 0.1) is 25.2 Å². The summed E-state index contributed by atoms with van der Waals surface area (Å²) in [7, 11) is 0. The molecule has 0 aliphatic carbocycles. The van der Waals surface area contributed by atoms with Crippen LogP contribution in [0.2, 0.25) is 0 Å². The molecule has 0 aliphatic rings. The summed E-state index contributed by atoms with van der Waals surface area (Å²) in [6.45, 7) is 6.31. The molecule has 66 heavy (non-hydrogen) atoms. The van der Waals surface area contributed by atoms with Crippen LogP contribution in [-0.2, 0) is 14.3 Å². The van der Waals surface area contributed by atoms with Crippen LogP contribution in [0.3, 0.4) is 0 Å². The van der Waals surface area contributed by atoms with E-state index < -0.39 is 18.2 Å². The van der Waals surface area contributed by atoms with Gasteiger partial charge in [0, 0.05) is 6.42 Å². The smallest absolute Gasteiger partial charge is 0.306 e. The van der Waals surface area contributed by atoms with Crippen LogP contribution in [-0.4, -0.2) is 46.9 Å². The van der Waals surface area contributed by atoms with E-state index in [1.54, 1.807) is 0 Å². The van der Waals surface area contributed by atoms with Gasteiger partial charge in [-0.15, -0.1) is 0 Å². The molecule has 6 nitrogen and oxygen atoms in total. The Morgan fingerprint density at radius 2 is 0.894 bits per heavy atom. The highest BCUT2D eigenvalue weighted by Gasteiger charge is 2.24. The van der Waals surface area contributed by atoms with Crippen molar-refractivity contribution in [1.29, 1.82) is 0 Å². The summed E-state index contributed by atoms with van der Waals surface area (Å²) in [6.07, 6.45) is 69.4. The number of aliphatic hydroxyl groups is 2. The third-order valence-electron chi connectivity index (χ3n) is 12.3. The third kappa shape index (κ3) is 47.5. The number of nitrogens with one attached hydrogen (secondary N) is 1. The summed E-state index contributed by atoms with van der Waals surface area (Å²) in [6, 6.07) is -0.731. The molecule has 0 spiro atoms. The van der Waals surface area contributed by atoms with E-state index in [-0.39, 0.29) is 24.9 Å². The van der Waals surface area contributed by atoms with Crippen molar-refractivity contribution in [3.63, 3.8) is 0 Å². The van der Waals surface area contributed by atoms with Gasteiger partial charge >= 0.3 is 5.97 Å². The van der Waals surface area contributed by atoms with Crippen molar-refractivity contribution in [2.75, 3.05) is 6.61 Å². The van der Waals surface area contributed by atoms with E-state index in [0.717, 1.165) is 70.6 Å². The number of esters is 1. The maximum Gasteiger partial charge on any atom is 0.306 e. The molecule has 0 radical (unpaired) electrons. The van der Waals surface area contributed by atoms with E-state index in [4.69, 9.17) is 4.74 Å². The molecular weight excluding hydrogens is 815 g/mol. The fourth-order valence-corrected chi connectivity index (χ4v) is 8.14. The van der Waals surface area contributed by atoms with Gasteiger partial charge in [0.25, 0.3) is 0 Å². The summed E-state index contributed by atoms with van der Waals surface area (Å²) in [5.74, 6) is -0.555. The first-order valence-corrected chi connectivity index (χ1v) is 27.9. The van der Waals surface area contributed by atoms with Crippen molar-refractivity contribution in [3.05, 3.63) is 85.1 Å². The van der Waals surface area contributed by atoms with E-state index in [1.165, 1.54) is 141 Å². The van der Waals surface area contributed by atoms with Gasteiger partial charge in [0.2, 0.25) is 5.91 Å². The molecular formula is C60H105NO5. The number of rotatable bonds is 49. The molecule has 380 valence electrons. The molecule has 0 heterocycles. The molecule has 0 aromatic rings. The van der Waals surface area contributed by atoms with Crippen molar-refractivity contribution in [1.82, 2.24) is 5.32 Å². The zero-order chi connectivity index (χ0) is 48.1. The first-order chi connectivity index (χ1) is 32.5. The molecule has 0 saturated carbocycles. The van der Waals surface area contributed by atoms with Crippen molar-refractivity contribution < 1.29 is 24.5 Å². The molecule has 1 amide bonds. The van der Waals surface area contributed by atoms with Crippen LogP contribution in [0.1, 0.15) is 258 Å². The first kappa shape index (κ1) is 63.0. The lowest BCUT2D eigenvalue weighted by atomic mass is 10.0. The molecule has 3 N–H and O–H groups in total. The molecule has 3 unspecified atom stereocenters. The van der Waals surface area contributed by atoms with E-state index in [2.05, 4.69) is 62.5 Å². The quantitative estimate of drug-likeness (QED) is 0.0245. The second-order valence-electron chi connectivity index (χ2n) is 18.7. The van der Waals surface area contributed by atoms with Crippen molar-refractivity contribution in [2.45, 2.75) is 277 Å². The number of amides is 1. The standard InChI is InChI=1S/C60H105NO5/c1-4-7-10-13-16-19-22-25-27-29-31-34-37-40-43-46-49-52-58(63)57(55-62)61-59(64)54-56(51-48-45-42-39-36-33-24-21-18-15-12-9-6-3)66-60(65)53-50-47-44-41-38-35-32-30-28-26-23-20-17-14-11-8-5-2/h9,12,15,17-18,20-21,24,26,28,33,36,39,42,56-58,62-63H,4-8,10-11,13-14,16,19,22-23,25,27,29-32,34-35,37-38,40-41,43-55H2,1-3H3,(H,61,64)/b12-9+,18-15+,20-17-,24-21-,28-26-,36-33-,42-39+. The number of aliphatic hydroxyl groups excluding tert-OH is 2. The third-order valence-corrected chi connectivity index (χ3v) is 12.3. The van der Waals surface area contributed by atoms with Crippen LogP contribution in [0.4, 0.5) is 0 Å². The van der Waals surface area contributed by atoms with Crippen LogP contribution >= 0.6 is 0 Å². The number of allylic oxidation sites excluding steroid dienone is 14. The zero-order valence-corrected chi connectivity index (χ0v) is 43.3. The van der Waals surface area contributed by atoms with Gasteiger partial charge in [0.1, 0.15) is 6.10 Å². The fourth-order valence-electron chi connectivity index (χ4n) is 8.14. The summed E-state index contributed by atoms with van der Waals surface area (Å²) in [5, 5.41) is 23.8. The Hall–Kier alpha value is -2.96. The van der Waals surface area contributed by atoms with Crippen molar-refractivity contribution in [2.24, 2.45) is 0 Å². The second-order valence-corrected chi connectivity index (χ2v) is 18.7. The molecule has 0 aliphatic heterocycles. The predicted molar refractivity (Wildman–Crippen MR) is 287 cm³/mol. The number of carbonyl (C=O) groups is 2. The van der Waals surface area contributed by atoms with E-state index in [0.29, 0.717) is 19.3 Å². The van der Waals surface area contributed by atoms with Crippen LogP contribution in [0.5, 0.6) is 0 Å². The van der Waals surface area contributed by atoms with Crippen molar-refractivity contribution in [3.8, 4) is 0 Å². The van der Waals surface area contributed by atoms with E-state index in [9.17, 15) is 19.8 Å². The Bertz CT molecular complexity index is 1260. The summed E-state index contributed by atoms with van der Waals surface area (Å²) in [5.41, 5.74) is 0. The lowest BCUT2D eigenvalue weighted by Crippen LogP contribution is -2.46. The number of hydrogen-bond acceptors (Lipinski definition) is 5. The highest BCUT2D eigenvalue weighted by Crippen LogP contribution is 2.17. The molecule has 0 fully saturated rings. The maximum absolute atomic E-state index is 13.2. The van der Waals surface area contributed by atoms with Crippen LogP contribution in [0, 0.1) is 0 Å². The number of hydrogen-bond donors (Lipinski definition) is 3. The van der Waals surface area contributed by atoms with Crippen LogP contribution < -0.4 is 5.32 Å². The summed E-state index contributed by atoms with van der Waals surface area (Å²) >= 11 is 0. The normalized spacial score (nSPS) is 13.8. The molecule has 6 heteroatoms. The zero-order valence-electron chi connectivity index (χ0n) is 43.3. The fraction of sp³-hybridized carbons (Fsp3) is 0.733. The highest BCUT2D eigenvalue weighted by molar-refractivity contribution is 5.77. The van der Waals surface area contributed by atoms with Crippen molar-refractivity contribution >= 4 is 11.9 Å². The van der Waals surface area contributed by atoms with E-state index in [1.807, 2.05) is 48.6 Å². The highest BCUT2D eigenvalue weighted by atomic mass is 16.5. The van der Waals surface area contributed by atoms with Gasteiger partial charge in [-0.3, -0.25) is 9.59 Å². The van der Waals surface area contributed by atoms with Gasteiger partial charge < -0.3 is 20.3 Å². The van der Waals surface area contributed by atoms with Gasteiger partial charge in [-0.05, 0) is 70.6 Å². The SMILES string of the molecule is CC/C=C/C=C/C=C\C=C/C=C/CCCC(CC(=O)NC(CO)C(O)CCCCCCCCCCCCCCCCCCC)OC(=O)CCCCCCCCC/C=C\C/C=C\CCCCC. The lowest BCUT2D eigenvalue weighted by molar-refractivity contribution is -0.151. The minimum absolute atomic E-state index is 0.0222. The Balaban J connectivity index is 4.61. The molecule has 3 atom stereocenters.